The highest BCUT2D eigenvalue weighted by Crippen LogP contribution is 2.21. The molecule has 0 spiro atoms. The number of carbonyl (C=O) groups excluding carboxylic acids is 1. The molecule has 24 heavy (non-hydrogen) atoms. The molecule has 1 fully saturated rings. The van der Waals surface area contributed by atoms with Gasteiger partial charge in [0.15, 0.2) is 5.69 Å². The summed E-state index contributed by atoms with van der Waals surface area (Å²) in [4.78, 5) is 16.5. The van der Waals surface area contributed by atoms with E-state index in [0.29, 0.717) is 31.3 Å². The first-order valence-electron chi connectivity index (χ1n) is 7.93. The third-order valence-electron chi connectivity index (χ3n) is 3.89. The minimum atomic E-state index is -0.101. The smallest absolute Gasteiger partial charge is 0.274 e. The van der Waals surface area contributed by atoms with Crippen LogP contribution in [0.25, 0.3) is 0 Å². The molecule has 0 unspecified atom stereocenters. The Morgan fingerprint density at radius 1 is 1.17 bits per heavy atom. The van der Waals surface area contributed by atoms with Crippen molar-refractivity contribution in [3.05, 3.63) is 47.1 Å². The number of amides is 1. The maximum absolute atomic E-state index is 12.5. The summed E-state index contributed by atoms with van der Waals surface area (Å²) in [5.41, 5.74) is 1.42. The highest BCUT2D eigenvalue weighted by atomic mass is 35.5. The minimum Gasteiger partial charge on any atom is -0.477 e. The summed E-state index contributed by atoms with van der Waals surface area (Å²) >= 11 is 6.04. The van der Waals surface area contributed by atoms with Crippen molar-refractivity contribution in [2.75, 3.05) is 37.7 Å². The number of halogens is 1. The third-order valence-corrected chi connectivity index (χ3v) is 4.13. The quantitative estimate of drug-likeness (QED) is 0.851. The van der Waals surface area contributed by atoms with Crippen LogP contribution in [-0.2, 0) is 0 Å². The predicted molar refractivity (Wildman–Crippen MR) is 92.8 cm³/mol. The second-order valence-electron chi connectivity index (χ2n) is 5.45. The molecule has 0 aliphatic carbocycles. The van der Waals surface area contributed by atoms with Gasteiger partial charge in [-0.05, 0) is 31.2 Å². The van der Waals surface area contributed by atoms with Gasteiger partial charge >= 0.3 is 0 Å². The molecule has 3 rings (SSSR count). The van der Waals surface area contributed by atoms with Gasteiger partial charge in [0, 0.05) is 43.0 Å². The molecule has 1 aliphatic heterocycles. The molecular formula is C17H19ClN4O2. The molecule has 1 saturated heterocycles. The molecule has 1 aromatic carbocycles. The fourth-order valence-corrected chi connectivity index (χ4v) is 2.85. The van der Waals surface area contributed by atoms with Crippen molar-refractivity contribution >= 4 is 23.2 Å². The summed E-state index contributed by atoms with van der Waals surface area (Å²) in [6.07, 6.45) is 0. The van der Waals surface area contributed by atoms with E-state index < -0.39 is 0 Å². The van der Waals surface area contributed by atoms with E-state index in [1.165, 1.54) is 0 Å². The van der Waals surface area contributed by atoms with Crippen molar-refractivity contribution in [1.29, 1.82) is 0 Å². The summed E-state index contributed by atoms with van der Waals surface area (Å²) in [5.74, 6) is 0.330. The van der Waals surface area contributed by atoms with Gasteiger partial charge in [-0.3, -0.25) is 4.79 Å². The van der Waals surface area contributed by atoms with Crippen LogP contribution in [0.4, 0.5) is 5.69 Å². The van der Waals surface area contributed by atoms with Gasteiger partial charge in [-0.1, -0.05) is 17.7 Å². The summed E-state index contributed by atoms with van der Waals surface area (Å²) in [6.45, 7) is 5.20. The van der Waals surface area contributed by atoms with Crippen LogP contribution in [0.1, 0.15) is 17.4 Å². The normalized spacial score (nSPS) is 14.6. The number of carbonyl (C=O) groups is 1. The van der Waals surface area contributed by atoms with Crippen molar-refractivity contribution in [1.82, 2.24) is 15.1 Å². The van der Waals surface area contributed by atoms with Gasteiger partial charge in [-0.25, -0.2) is 0 Å². The SMILES string of the molecule is CCOc1ccc(C(=O)N2CCN(c3cccc(Cl)c3)CC2)nn1. The Morgan fingerprint density at radius 3 is 2.58 bits per heavy atom. The van der Waals surface area contributed by atoms with E-state index in [2.05, 4.69) is 15.1 Å². The van der Waals surface area contributed by atoms with Crippen molar-refractivity contribution in [2.24, 2.45) is 0 Å². The monoisotopic (exact) mass is 346 g/mol. The van der Waals surface area contributed by atoms with E-state index in [-0.39, 0.29) is 5.91 Å². The lowest BCUT2D eigenvalue weighted by Gasteiger charge is -2.36. The average Bonchev–Trinajstić information content (AvgIpc) is 2.62. The van der Waals surface area contributed by atoms with E-state index in [1.54, 1.807) is 17.0 Å². The second-order valence-corrected chi connectivity index (χ2v) is 5.89. The van der Waals surface area contributed by atoms with E-state index in [4.69, 9.17) is 16.3 Å². The van der Waals surface area contributed by atoms with Crippen molar-refractivity contribution in [3.8, 4) is 5.88 Å². The zero-order valence-electron chi connectivity index (χ0n) is 13.5. The molecule has 1 aromatic heterocycles. The number of rotatable bonds is 4. The van der Waals surface area contributed by atoms with Gasteiger partial charge in [0.05, 0.1) is 6.61 Å². The molecule has 0 N–H and O–H groups in total. The summed E-state index contributed by atoms with van der Waals surface area (Å²) < 4.78 is 5.24. The van der Waals surface area contributed by atoms with Gasteiger partial charge < -0.3 is 14.5 Å². The molecule has 2 aromatic rings. The minimum absolute atomic E-state index is 0.101. The summed E-state index contributed by atoms with van der Waals surface area (Å²) in [6, 6.07) is 11.1. The molecule has 0 radical (unpaired) electrons. The molecule has 6 nitrogen and oxygen atoms in total. The van der Waals surface area contributed by atoms with E-state index >= 15 is 0 Å². The van der Waals surface area contributed by atoms with Crippen molar-refractivity contribution < 1.29 is 9.53 Å². The Labute approximate surface area is 146 Å². The lowest BCUT2D eigenvalue weighted by Crippen LogP contribution is -2.49. The fraction of sp³-hybridized carbons (Fsp3) is 0.353. The Kier molecular flexibility index (Phi) is 5.15. The first kappa shape index (κ1) is 16.5. The van der Waals surface area contributed by atoms with Gasteiger partial charge in [-0.15, -0.1) is 10.2 Å². The highest BCUT2D eigenvalue weighted by molar-refractivity contribution is 6.30. The number of hydrogen-bond acceptors (Lipinski definition) is 5. The fourth-order valence-electron chi connectivity index (χ4n) is 2.66. The van der Waals surface area contributed by atoms with Crippen LogP contribution in [0.5, 0.6) is 5.88 Å². The molecule has 1 aliphatic rings. The number of piperazine rings is 1. The first-order valence-corrected chi connectivity index (χ1v) is 8.31. The Morgan fingerprint density at radius 2 is 1.96 bits per heavy atom. The summed E-state index contributed by atoms with van der Waals surface area (Å²) in [5, 5.41) is 8.59. The van der Waals surface area contributed by atoms with Gasteiger partial charge in [0.1, 0.15) is 0 Å². The van der Waals surface area contributed by atoms with E-state index in [0.717, 1.165) is 23.8 Å². The molecule has 7 heteroatoms. The van der Waals surface area contributed by atoms with E-state index in [9.17, 15) is 4.79 Å². The van der Waals surface area contributed by atoms with Gasteiger partial charge in [-0.2, -0.15) is 0 Å². The summed E-state index contributed by atoms with van der Waals surface area (Å²) in [7, 11) is 0. The second kappa shape index (κ2) is 7.49. The maximum Gasteiger partial charge on any atom is 0.274 e. The Hall–Kier alpha value is -2.34. The molecule has 1 amide bonds. The van der Waals surface area contributed by atoms with Crippen LogP contribution in [0.3, 0.4) is 0 Å². The number of aromatic nitrogens is 2. The predicted octanol–water partition coefficient (Wildman–Crippen LogP) is 2.49. The number of ether oxygens (including phenoxy) is 1. The Bertz CT molecular complexity index is 700. The van der Waals surface area contributed by atoms with Crippen LogP contribution >= 0.6 is 11.6 Å². The molecule has 126 valence electrons. The maximum atomic E-state index is 12.5. The zero-order chi connectivity index (χ0) is 16.9. The Balaban J connectivity index is 1.60. The third kappa shape index (κ3) is 3.76. The van der Waals surface area contributed by atoms with Crippen LogP contribution in [0.2, 0.25) is 5.02 Å². The largest absolute Gasteiger partial charge is 0.477 e. The number of benzene rings is 1. The topological polar surface area (TPSA) is 58.6 Å². The lowest BCUT2D eigenvalue weighted by atomic mass is 10.2. The molecule has 0 saturated carbocycles. The highest BCUT2D eigenvalue weighted by Gasteiger charge is 2.23. The number of anilines is 1. The van der Waals surface area contributed by atoms with Crippen LogP contribution in [0.15, 0.2) is 36.4 Å². The molecule has 2 heterocycles. The first-order chi connectivity index (χ1) is 11.7. The van der Waals surface area contributed by atoms with Gasteiger partial charge in [0.2, 0.25) is 5.88 Å². The lowest BCUT2D eigenvalue weighted by molar-refractivity contribution is 0.0739. The molecular weight excluding hydrogens is 328 g/mol. The van der Waals surface area contributed by atoms with Crippen LogP contribution in [0, 0.1) is 0 Å². The van der Waals surface area contributed by atoms with Crippen molar-refractivity contribution in [2.45, 2.75) is 6.92 Å². The zero-order valence-corrected chi connectivity index (χ0v) is 14.2. The number of hydrogen-bond donors (Lipinski definition) is 0. The van der Waals surface area contributed by atoms with Gasteiger partial charge in [0.25, 0.3) is 5.91 Å². The molecule has 0 atom stereocenters. The van der Waals surface area contributed by atoms with E-state index in [1.807, 2.05) is 31.2 Å². The van der Waals surface area contributed by atoms with Crippen LogP contribution in [-0.4, -0.2) is 53.8 Å². The van der Waals surface area contributed by atoms with Crippen molar-refractivity contribution in [3.63, 3.8) is 0 Å². The van der Waals surface area contributed by atoms with Crippen LogP contribution < -0.4 is 9.64 Å². The average molecular weight is 347 g/mol. The number of nitrogens with zero attached hydrogens (tertiary/aromatic N) is 4. The standard InChI is InChI=1S/C17H19ClN4O2/c1-2-24-16-7-6-15(19-20-16)17(23)22-10-8-21(9-11-22)14-5-3-4-13(18)12-14/h3-7,12H,2,8-11H2,1H3. The molecule has 0 bridgehead atoms.